The van der Waals surface area contributed by atoms with Crippen LogP contribution in [0.15, 0.2) is 42.0 Å². The average Bonchev–Trinajstić information content (AvgIpc) is 2.52. The number of aromatic hydroxyl groups is 1. The molecule has 0 fully saturated rings. The van der Waals surface area contributed by atoms with Crippen molar-refractivity contribution in [3.8, 4) is 11.8 Å². The summed E-state index contributed by atoms with van der Waals surface area (Å²) in [6.07, 6.45) is 1.35. The first-order chi connectivity index (χ1) is 10.9. The summed E-state index contributed by atoms with van der Waals surface area (Å²) in [4.78, 5) is 12.2. The number of amides is 1. The number of carbonyl (C=O) groups excluding carboxylic acids is 1. The van der Waals surface area contributed by atoms with Gasteiger partial charge in [0, 0.05) is 5.69 Å². The zero-order valence-corrected chi connectivity index (χ0v) is 13.6. The van der Waals surface area contributed by atoms with Gasteiger partial charge in [0.15, 0.2) is 5.75 Å². The number of hydrogen-bond donors (Lipinski definition) is 2. The molecule has 0 atom stereocenters. The maximum atomic E-state index is 12.2. The van der Waals surface area contributed by atoms with E-state index in [1.807, 2.05) is 25.1 Å². The largest absolute Gasteiger partial charge is 0.505 e. The van der Waals surface area contributed by atoms with Crippen molar-refractivity contribution >= 4 is 40.9 Å². The van der Waals surface area contributed by atoms with Gasteiger partial charge in [-0.2, -0.15) is 5.26 Å². The van der Waals surface area contributed by atoms with Crippen molar-refractivity contribution in [1.29, 1.82) is 5.26 Å². The van der Waals surface area contributed by atoms with E-state index in [1.54, 1.807) is 12.1 Å². The van der Waals surface area contributed by atoms with Crippen LogP contribution in [0.5, 0.6) is 5.75 Å². The average molecular weight is 347 g/mol. The Hall–Kier alpha value is -2.48. The first kappa shape index (κ1) is 16.9. The second-order valence-electron chi connectivity index (χ2n) is 4.82. The fourth-order valence-corrected chi connectivity index (χ4v) is 2.32. The SMILES string of the molecule is Cc1ccc(NC(=O)/C(C#N)=C/c2cc(Cl)c(O)c(Cl)c2)cc1. The molecule has 0 spiro atoms. The van der Waals surface area contributed by atoms with Crippen molar-refractivity contribution in [3.05, 3.63) is 63.1 Å². The van der Waals surface area contributed by atoms with E-state index >= 15 is 0 Å². The molecule has 0 aromatic heterocycles. The van der Waals surface area contributed by atoms with Gasteiger partial charge in [0.2, 0.25) is 0 Å². The van der Waals surface area contributed by atoms with Crippen molar-refractivity contribution in [2.75, 3.05) is 5.32 Å². The van der Waals surface area contributed by atoms with Crippen molar-refractivity contribution < 1.29 is 9.90 Å². The van der Waals surface area contributed by atoms with Gasteiger partial charge in [-0.3, -0.25) is 4.79 Å². The van der Waals surface area contributed by atoms with Gasteiger partial charge in [-0.15, -0.1) is 0 Å². The highest BCUT2D eigenvalue weighted by Crippen LogP contribution is 2.33. The van der Waals surface area contributed by atoms with Gasteiger partial charge in [-0.25, -0.2) is 0 Å². The Morgan fingerprint density at radius 3 is 2.30 bits per heavy atom. The molecule has 2 rings (SSSR count). The molecular weight excluding hydrogens is 335 g/mol. The van der Waals surface area contributed by atoms with Crippen LogP contribution in [0.2, 0.25) is 10.0 Å². The van der Waals surface area contributed by atoms with E-state index in [2.05, 4.69) is 5.32 Å². The lowest BCUT2D eigenvalue weighted by atomic mass is 10.1. The van der Waals surface area contributed by atoms with Crippen molar-refractivity contribution in [2.24, 2.45) is 0 Å². The molecule has 0 radical (unpaired) electrons. The molecule has 2 N–H and O–H groups in total. The van der Waals surface area contributed by atoms with Crippen LogP contribution >= 0.6 is 23.2 Å². The number of carbonyl (C=O) groups is 1. The molecule has 0 saturated carbocycles. The van der Waals surface area contributed by atoms with E-state index in [0.717, 1.165) is 5.56 Å². The molecule has 1 amide bonds. The summed E-state index contributed by atoms with van der Waals surface area (Å²) >= 11 is 11.6. The molecule has 23 heavy (non-hydrogen) atoms. The van der Waals surface area contributed by atoms with E-state index in [-0.39, 0.29) is 21.4 Å². The smallest absolute Gasteiger partial charge is 0.266 e. The third-order valence-electron chi connectivity index (χ3n) is 3.02. The Kier molecular flexibility index (Phi) is 5.28. The monoisotopic (exact) mass is 346 g/mol. The number of nitriles is 1. The van der Waals surface area contributed by atoms with Crippen LogP contribution < -0.4 is 5.32 Å². The molecule has 0 bridgehead atoms. The number of rotatable bonds is 3. The van der Waals surface area contributed by atoms with Crippen LogP contribution in [-0.2, 0) is 4.79 Å². The molecule has 0 aliphatic rings. The summed E-state index contributed by atoms with van der Waals surface area (Å²) < 4.78 is 0. The van der Waals surface area contributed by atoms with E-state index in [9.17, 15) is 15.2 Å². The Bertz CT molecular complexity index is 798. The fourth-order valence-electron chi connectivity index (χ4n) is 1.82. The molecule has 0 unspecified atom stereocenters. The Morgan fingerprint density at radius 2 is 1.78 bits per heavy atom. The Balaban J connectivity index is 2.26. The Labute approximate surface area is 143 Å². The first-order valence-electron chi connectivity index (χ1n) is 6.58. The number of halogens is 2. The normalized spacial score (nSPS) is 11.0. The fraction of sp³-hybridized carbons (Fsp3) is 0.0588. The molecule has 6 heteroatoms. The highest BCUT2D eigenvalue weighted by molar-refractivity contribution is 6.37. The molecule has 0 aliphatic carbocycles. The molecule has 2 aromatic carbocycles. The van der Waals surface area contributed by atoms with Crippen LogP contribution in [0.4, 0.5) is 5.69 Å². The minimum Gasteiger partial charge on any atom is -0.505 e. The summed E-state index contributed by atoms with van der Waals surface area (Å²) in [7, 11) is 0. The predicted molar refractivity (Wildman–Crippen MR) is 91.5 cm³/mol. The second-order valence-corrected chi connectivity index (χ2v) is 5.64. The number of nitrogens with one attached hydrogen (secondary N) is 1. The zero-order chi connectivity index (χ0) is 17.0. The number of anilines is 1. The summed E-state index contributed by atoms with van der Waals surface area (Å²) in [6.45, 7) is 1.94. The summed E-state index contributed by atoms with van der Waals surface area (Å²) in [5.41, 5.74) is 1.98. The van der Waals surface area contributed by atoms with Gasteiger partial charge in [0.05, 0.1) is 10.0 Å². The topological polar surface area (TPSA) is 73.1 Å². The van der Waals surface area contributed by atoms with Crippen molar-refractivity contribution in [3.63, 3.8) is 0 Å². The van der Waals surface area contributed by atoms with Crippen LogP contribution in [0.25, 0.3) is 6.08 Å². The van der Waals surface area contributed by atoms with Gasteiger partial charge >= 0.3 is 0 Å². The number of hydrogen-bond acceptors (Lipinski definition) is 3. The summed E-state index contributed by atoms with van der Waals surface area (Å²) in [6, 6.07) is 11.9. The molecule has 116 valence electrons. The van der Waals surface area contributed by atoms with Crippen LogP contribution in [0.1, 0.15) is 11.1 Å². The molecule has 0 heterocycles. The van der Waals surface area contributed by atoms with E-state index in [0.29, 0.717) is 11.3 Å². The maximum absolute atomic E-state index is 12.2. The quantitative estimate of drug-likeness (QED) is 0.632. The lowest BCUT2D eigenvalue weighted by Crippen LogP contribution is -2.13. The number of phenols is 1. The maximum Gasteiger partial charge on any atom is 0.266 e. The third-order valence-corrected chi connectivity index (χ3v) is 3.60. The number of nitrogens with zero attached hydrogens (tertiary/aromatic N) is 1. The van der Waals surface area contributed by atoms with E-state index in [4.69, 9.17) is 23.2 Å². The molecule has 2 aromatic rings. The highest BCUT2D eigenvalue weighted by Gasteiger charge is 2.11. The lowest BCUT2D eigenvalue weighted by molar-refractivity contribution is -0.112. The zero-order valence-electron chi connectivity index (χ0n) is 12.1. The first-order valence-corrected chi connectivity index (χ1v) is 7.34. The minimum absolute atomic E-state index is 0.0417. The van der Waals surface area contributed by atoms with E-state index < -0.39 is 5.91 Å². The molecule has 4 nitrogen and oxygen atoms in total. The highest BCUT2D eigenvalue weighted by atomic mass is 35.5. The van der Waals surface area contributed by atoms with Crippen LogP contribution in [0.3, 0.4) is 0 Å². The Morgan fingerprint density at radius 1 is 1.22 bits per heavy atom. The number of phenolic OH excluding ortho intramolecular Hbond substituents is 1. The van der Waals surface area contributed by atoms with Gasteiger partial charge < -0.3 is 10.4 Å². The summed E-state index contributed by atoms with van der Waals surface area (Å²) in [5, 5.41) is 21.4. The van der Waals surface area contributed by atoms with Crippen molar-refractivity contribution in [1.82, 2.24) is 0 Å². The predicted octanol–water partition coefficient (Wildman–Crippen LogP) is 4.55. The van der Waals surface area contributed by atoms with Crippen LogP contribution in [0, 0.1) is 18.3 Å². The molecule has 0 aliphatic heterocycles. The molecule has 0 saturated heterocycles. The number of benzene rings is 2. The van der Waals surface area contributed by atoms with Gasteiger partial charge in [-0.05, 0) is 42.8 Å². The third kappa shape index (κ3) is 4.26. The number of aryl methyl sites for hydroxylation is 1. The second kappa shape index (κ2) is 7.19. The van der Waals surface area contributed by atoms with Gasteiger partial charge in [0.25, 0.3) is 5.91 Å². The van der Waals surface area contributed by atoms with Gasteiger partial charge in [-0.1, -0.05) is 40.9 Å². The minimum atomic E-state index is -0.545. The standard InChI is InChI=1S/C17H12Cl2N2O2/c1-10-2-4-13(5-3-10)21-17(23)12(9-20)6-11-7-14(18)16(22)15(19)8-11/h2-8,22H,1H3,(H,21,23)/b12-6+. The molecular formula is C17H12Cl2N2O2. The van der Waals surface area contributed by atoms with E-state index in [1.165, 1.54) is 18.2 Å². The summed E-state index contributed by atoms with van der Waals surface area (Å²) in [5.74, 6) is -0.787. The van der Waals surface area contributed by atoms with Gasteiger partial charge in [0.1, 0.15) is 11.6 Å². The lowest BCUT2D eigenvalue weighted by Gasteiger charge is -2.05. The van der Waals surface area contributed by atoms with Crippen LogP contribution in [-0.4, -0.2) is 11.0 Å². The van der Waals surface area contributed by atoms with Crippen molar-refractivity contribution in [2.45, 2.75) is 6.92 Å².